The topological polar surface area (TPSA) is 75.2 Å². The molecule has 2 N–H and O–H groups in total. The fraction of sp³-hybridized carbons (Fsp3) is 0.389. The van der Waals surface area contributed by atoms with E-state index in [0.29, 0.717) is 11.7 Å². The van der Waals surface area contributed by atoms with Gasteiger partial charge in [0.25, 0.3) is 5.91 Å². The van der Waals surface area contributed by atoms with E-state index in [1.165, 1.54) is 11.8 Å². The molecule has 6 heteroatoms. The summed E-state index contributed by atoms with van der Waals surface area (Å²) >= 11 is 0. The van der Waals surface area contributed by atoms with Gasteiger partial charge in [-0.3, -0.25) is 10.1 Å². The third-order valence-electron chi connectivity index (χ3n) is 3.96. The highest BCUT2D eigenvalue weighted by Crippen LogP contribution is 2.21. The molecule has 0 aliphatic rings. The van der Waals surface area contributed by atoms with Gasteiger partial charge in [0.2, 0.25) is 6.54 Å². The molecule has 0 saturated carbocycles. The highest BCUT2D eigenvalue weighted by molar-refractivity contribution is 5.93. The van der Waals surface area contributed by atoms with Crippen molar-refractivity contribution in [3.05, 3.63) is 54.2 Å². The number of furan rings is 1. The number of rotatable bonds is 7. The smallest absolute Gasteiger partial charge is 0.322 e. The van der Waals surface area contributed by atoms with Crippen molar-refractivity contribution in [2.24, 2.45) is 0 Å². The average molecular weight is 330 g/mol. The van der Waals surface area contributed by atoms with Crippen molar-refractivity contribution in [2.75, 3.05) is 0 Å². The molecule has 0 radical (unpaired) electrons. The van der Waals surface area contributed by atoms with E-state index >= 15 is 0 Å². The van der Waals surface area contributed by atoms with Gasteiger partial charge in [-0.15, -0.1) is 0 Å². The predicted molar refractivity (Wildman–Crippen MR) is 89.0 cm³/mol. The van der Waals surface area contributed by atoms with Gasteiger partial charge in [-0.2, -0.15) is 4.57 Å². The number of carbonyl (C=O) groups is 2. The number of urea groups is 1. The Labute approximate surface area is 141 Å². The van der Waals surface area contributed by atoms with Crippen molar-refractivity contribution in [3.8, 4) is 0 Å². The lowest BCUT2D eigenvalue weighted by Crippen LogP contribution is -2.47. The lowest BCUT2D eigenvalue weighted by atomic mass is 9.95. The number of nitrogens with zero attached hydrogens (tertiary/aromatic N) is 1. The van der Waals surface area contributed by atoms with Gasteiger partial charge >= 0.3 is 6.03 Å². The molecule has 0 aromatic carbocycles. The monoisotopic (exact) mass is 330 g/mol. The summed E-state index contributed by atoms with van der Waals surface area (Å²) in [5.41, 5.74) is 1.27. The molecule has 2 aromatic rings. The third kappa shape index (κ3) is 5.22. The molecule has 0 aliphatic heterocycles. The molecule has 3 amide bonds. The van der Waals surface area contributed by atoms with Gasteiger partial charge in [0, 0.05) is 12.1 Å². The molecule has 2 heterocycles. The molecular formula is C18H24N3O3+. The van der Waals surface area contributed by atoms with E-state index in [0.717, 1.165) is 12.8 Å². The number of hydrogen-bond donors (Lipinski definition) is 2. The molecule has 2 aromatic heterocycles. The van der Waals surface area contributed by atoms with Crippen molar-refractivity contribution < 1.29 is 18.6 Å². The van der Waals surface area contributed by atoms with Gasteiger partial charge in [0.05, 0.1) is 12.8 Å². The van der Waals surface area contributed by atoms with Crippen LogP contribution < -0.4 is 15.2 Å². The molecule has 6 nitrogen and oxygen atoms in total. The quantitative estimate of drug-likeness (QED) is 0.766. The van der Waals surface area contributed by atoms with Gasteiger partial charge in [-0.1, -0.05) is 13.8 Å². The zero-order chi connectivity index (χ0) is 17.4. The van der Waals surface area contributed by atoms with Crippen LogP contribution in [0.1, 0.15) is 43.9 Å². The number of amides is 3. The van der Waals surface area contributed by atoms with Crippen LogP contribution in [0.4, 0.5) is 4.79 Å². The Bertz CT molecular complexity index is 647. The molecule has 0 spiro atoms. The Morgan fingerprint density at radius 2 is 1.88 bits per heavy atom. The Kier molecular flexibility index (Phi) is 6.54. The zero-order valence-electron chi connectivity index (χ0n) is 14.1. The van der Waals surface area contributed by atoms with E-state index < -0.39 is 6.03 Å². The molecule has 0 unspecified atom stereocenters. The highest BCUT2D eigenvalue weighted by atomic mass is 16.3. The minimum atomic E-state index is -0.536. The number of nitrogens with one attached hydrogen (secondary N) is 2. The normalized spacial score (nSPS) is 10.6. The molecule has 2 rings (SSSR count). The first-order valence-electron chi connectivity index (χ1n) is 8.21. The van der Waals surface area contributed by atoms with Gasteiger partial charge in [0.15, 0.2) is 12.4 Å². The minimum absolute atomic E-state index is 0.0946. The van der Waals surface area contributed by atoms with Crippen LogP contribution in [0.25, 0.3) is 0 Å². The average Bonchev–Trinajstić information content (AvgIpc) is 3.09. The first-order valence-corrected chi connectivity index (χ1v) is 8.21. The van der Waals surface area contributed by atoms with E-state index in [2.05, 4.69) is 24.5 Å². The van der Waals surface area contributed by atoms with Gasteiger partial charge in [0.1, 0.15) is 5.76 Å². The standard InChI is InChI=1S/C18H23N3O3/c1-3-14(4-2)15-7-9-21(10-8-15)13-17(22)20-18(23)19-12-16-6-5-11-24-16/h5-11,14H,3-4,12-13H2,1-2H3,(H-,19,20,22,23)/p+1. The largest absolute Gasteiger partial charge is 0.467 e. The molecular weight excluding hydrogens is 306 g/mol. The summed E-state index contributed by atoms with van der Waals surface area (Å²) in [4.78, 5) is 23.6. The van der Waals surface area contributed by atoms with Crippen molar-refractivity contribution >= 4 is 11.9 Å². The first kappa shape index (κ1) is 17.7. The van der Waals surface area contributed by atoms with Crippen molar-refractivity contribution in [3.63, 3.8) is 0 Å². The highest BCUT2D eigenvalue weighted by Gasteiger charge is 2.14. The van der Waals surface area contributed by atoms with Crippen LogP contribution in [0, 0.1) is 0 Å². The van der Waals surface area contributed by atoms with Gasteiger partial charge in [-0.05, 0) is 36.5 Å². The summed E-state index contributed by atoms with van der Waals surface area (Å²) < 4.78 is 6.85. The molecule has 0 atom stereocenters. The number of carbonyl (C=O) groups excluding carboxylic acids is 2. The molecule has 128 valence electrons. The van der Waals surface area contributed by atoms with Crippen LogP contribution in [0.3, 0.4) is 0 Å². The maximum absolute atomic E-state index is 11.9. The van der Waals surface area contributed by atoms with Crippen molar-refractivity contribution in [2.45, 2.75) is 45.7 Å². The van der Waals surface area contributed by atoms with Gasteiger partial charge < -0.3 is 9.73 Å². The van der Waals surface area contributed by atoms with E-state index in [9.17, 15) is 9.59 Å². The summed E-state index contributed by atoms with van der Waals surface area (Å²) in [5.74, 6) is 0.803. The van der Waals surface area contributed by atoms with Crippen molar-refractivity contribution in [1.82, 2.24) is 10.6 Å². The predicted octanol–water partition coefficient (Wildman–Crippen LogP) is 2.50. The second-order valence-corrected chi connectivity index (χ2v) is 5.63. The fourth-order valence-electron chi connectivity index (χ4n) is 2.56. The lowest BCUT2D eigenvalue weighted by Gasteiger charge is -2.11. The third-order valence-corrected chi connectivity index (χ3v) is 3.96. The lowest BCUT2D eigenvalue weighted by molar-refractivity contribution is -0.684. The molecule has 24 heavy (non-hydrogen) atoms. The number of imide groups is 1. The minimum Gasteiger partial charge on any atom is -0.467 e. The maximum atomic E-state index is 11.9. The summed E-state index contributed by atoms with van der Waals surface area (Å²) in [7, 11) is 0. The summed E-state index contributed by atoms with van der Waals surface area (Å²) in [6.07, 6.45) is 7.46. The number of aromatic nitrogens is 1. The Morgan fingerprint density at radius 1 is 1.17 bits per heavy atom. The summed E-state index contributed by atoms with van der Waals surface area (Å²) in [6.45, 7) is 4.68. The van der Waals surface area contributed by atoms with Crippen LogP contribution in [-0.2, 0) is 17.9 Å². The summed E-state index contributed by atoms with van der Waals surface area (Å²) in [6, 6.07) is 7.01. The molecule has 0 saturated heterocycles. The van der Waals surface area contributed by atoms with E-state index in [4.69, 9.17) is 4.42 Å². The second-order valence-electron chi connectivity index (χ2n) is 5.63. The molecule has 0 bridgehead atoms. The van der Waals surface area contributed by atoms with Crippen molar-refractivity contribution in [1.29, 1.82) is 0 Å². The van der Waals surface area contributed by atoms with Gasteiger partial charge in [-0.25, -0.2) is 4.79 Å². The van der Waals surface area contributed by atoms with Crippen LogP contribution in [0.2, 0.25) is 0 Å². The first-order chi connectivity index (χ1) is 11.6. The van der Waals surface area contributed by atoms with Crippen LogP contribution >= 0.6 is 0 Å². The maximum Gasteiger partial charge on any atom is 0.322 e. The zero-order valence-corrected chi connectivity index (χ0v) is 14.1. The van der Waals surface area contributed by atoms with E-state index in [1.54, 1.807) is 16.7 Å². The van der Waals surface area contributed by atoms with Crippen LogP contribution in [0.5, 0.6) is 0 Å². The Balaban J connectivity index is 1.80. The van der Waals surface area contributed by atoms with Crippen LogP contribution in [0.15, 0.2) is 47.3 Å². The van der Waals surface area contributed by atoms with Crippen LogP contribution in [-0.4, -0.2) is 11.9 Å². The van der Waals surface area contributed by atoms with E-state index in [-0.39, 0.29) is 19.0 Å². The summed E-state index contributed by atoms with van der Waals surface area (Å²) in [5, 5.41) is 4.87. The SMILES string of the molecule is CCC(CC)c1cc[n+](CC(=O)NC(=O)NCc2ccco2)cc1. The number of pyridine rings is 1. The Morgan fingerprint density at radius 3 is 2.46 bits per heavy atom. The fourth-order valence-corrected chi connectivity index (χ4v) is 2.56. The molecule has 0 aliphatic carbocycles. The second kappa shape index (κ2) is 8.86. The molecule has 0 fully saturated rings. The van der Waals surface area contributed by atoms with E-state index in [1.807, 2.05) is 24.5 Å². The Hall–Kier alpha value is -2.63. The number of hydrogen-bond acceptors (Lipinski definition) is 3.